The zero-order chi connectivity index (χ0) is 27.1. The van der Waals surface area contributed by atoms with Gasteiger partial charge in [-0.1, -0.05) is 44.2 Å². The molecule has 3 aromatic rings. The minimum absolute atomic E-state index is 0.0565. The van der Waals surface area contributed by atoms with Gasteiger partial charge in [-0.05, 0) is 30.5 Å². The van der Waals surface area contributed by atoms with Crippen molar-refractivity contribution < 1.29 is 32.2 Å². The molecule has 0 radical (unpaired) electrons. The number of esters is 1. The van der Waals surface area contributed by atoms with E-state index in [2.05, 4.69) is 4.98 Å². The van der Waals surface area contributed by atoms with Gasteiger partial charge >= 0.3 is 5.97 Å². The molecule has 10 heteroatoms. The first kappa shape index (κ1) is 27.3. The number of carbonyl (C=O) groups excluding carboxylic acids is 1. The standard InChI is InChI=1S/C27H26F3N3O4/c1-5-35-27(34)23(16(2)3)33(4)24-21(28)25(30)32-26(22(24)29)37-20-13-18(14-31)11-12-19(20)36-15-17-9-7-6-8-10-17/h6-13,16,23H,5,15H2,1-4H3. The minimum Gasteiger partial charge on any atom is -0.485 e. The van der Waals surface area contributed by atoms with Crippen molar-refractivity contribution in [2.75, 3.05) is 18.6 Å². The number of anilines is 1. The van der Waals surface area contributed by atoms with Crippen molar-refractivity contribution in [1.29, 1.82) is 5.26 Å². The van der Waals surface area contributed by atoms with Crippen molar-refractivity contribution in [3.05, 3.63) is 77.2 Å². The summed E-state index contributed by atoms with van der Waals surface area (Å²) in [5.74, 6) is -6.63. The molecule has 1 unspecified atom stereocenters. The van der Waals surface area contributed by atoms with Crippen LogP contribution in [0.4, 0.5) is 18.9 Å². The van der Waals surface area contributed by atoms with Crippen LogP contribution in [0.2, 0.25) is 0 Å². The van der Waals surface area contributed by atoms with E-state index in [0.29, 0.717) is 0 Å². The number of hydrogen-bond donors (Lipinski definition) is 0. The van der Waals surface area contributed by atoms with Crippen molar-refractivity contribution in [1.82, 2.24) is 4.98 Å². The fourth-order valence-electron chi connectivity index (χ4n) is 3.72. The molecule has 0 aliphatic heterocycles. The molecule has 194 valence electrons. The van der Waals surface area contributed by atoms with Crippen LogP contribution in [0, 0.1) is 34.8 Å². The van der Waals surface area contributed by atoms with Crippen molar-refractivity contribution in [3.63, 3.8) is 0 Å². The summed E-state index contributed by atoms with van der Waals surface area (Å²) in [5, 5.41) is 9.29. The number of aromatic nitrogens is 1. The molecular formula is C27H26F3N3O4. The number of benzene rings is 2. The molecule has 7 nitrogen and oxygen atoms in total. The number of pyridine rings is 1. The molecule has 0 saturated heterocycles. The molecule has 0 bridgehead atoms. The zero-order valence-electron chi connectivity index (χ0n) is 20.8. The van der Waals surface area contributed by atoms with Crippen LogP contribution in [0.3, 0.4) is 0 Å². The van der Waals surface area contributed by atoms with Gasteiger partial charge < -0.3 is 19.1 Å². The maximum Gasteiger partial charge on any atom is 0.329 e. The van der Waals surface area contributed by atoms with Gasteiger partial charge in [0.15, 0.2) is 11.5 Å². The van der Waals surface area contributed by atoms with Gasteiger partial charge in [-0.3, -0.25) is 0 Å². The highest BCUT2D eigenvalue weighted by molar-refractivity contribution is 5.80. The van der Waals surface area contributed by atoms with Crippen LogP contribution in [0.25, 0.3) is 0 Å². The summed E-state index contributed by atoms with van der Waals surface area (Å²) in [6.45, 7) is 5.10. The third-order valence-electron chi connectivity index (χ3n) is 5.43. The average molecular weight is 514 g/mol. The van der Waals surface area contributed by atoms with Crippen LogP contribution in [0.1, 0.15) is 31.9 Å². The van der Waals surface area contributed by atoms with E-state index < -0.39 is 47.1 Å². The van der Waals surface area contributed by atoms with Crippen LogP contribution < -0.4 is 14.4 Å². The highest BCUT2D eigenvalue weighted by atomic mass is 19.2. The lowest BCUT2D eigenvalue weighted by molar-refractivity contribution is -0.145. The van der Waals surface area contributed by atoms with Crippen LogP contribution in [0.5, 0.6) is 17.4 Å². The first-order chi connectivity index (χ1) is 17.7. The average Bonchev–Trinajstić information content (AvgIpc) is 2.87. The minimum atomic E-state index is -1.63. The molecule has 2 aromatic carbocycles. The summed E-state index contributed by atoms with van der Waals surface area (Å²) in [4.78, 5) is 16.7. The Morgan fingerprint density at radius 3 is 2.41 bits per heavy atom. The maximum absolute atomic E-state index is 15.6. The second-order valence-corrected chi connectivity index (χ2v) is 8.39. The van der Waals surface area contributed by atoms with Gasteiger partial charge in [0.25, 0.3) is 11.8 Å². The number of nitrogens with zero attached hydrogens (tertiary/aromatic N) is 3. The summed E-state index contributed by atoms with van der Waals surface area (Å²) < 4.78 is 61.3. The SMILES string of the molecule is CCOC(=O)C(C(C)C)N(C)c1c(F)c(F)nc(Oc2cc(C#N)ccc2OCc2ccccc2)c1F. The topological polar surface area (TPSA) is 84.7 Å². The molecule has 0 N–H and O–H groups in total. The highest BCUT2D eigenvalue weighted by Gasteiger charge is 2.34. The van der Waals surface area contributed by atoms with Crippen molar-refractivity contribution >= 4 is 11.7 Å². The first-order valence-electron chi connectivity index (χ1n) is 11.5. The molecule has 0 aliphatic carbocycles. The molecule has 0 spiro atoms. The normalized spacial score (nSPS) is 11.5. The number of carbonyl (C=O) groups is 1. The second kappa shape index (κ2) is 12.1. The molecule has 0 amide bonds. The molecule has 37 heavy (non-hydrogen) atoms. The summed E-state index contributed by atoms with van der Waals surface area (Å²) in [5.41, 5.74) is 0.138. The Labute approximate surface area is 213 Å². The summed E-state index contributed by atoms with van der Waals surface area (Å²) in [7, 11) is 1.25. The van der Waals surface area contributed by atoms with Gasteiger partial charge in [0, 0.05) is 13.1 Å². The number of hydrogen-bond acceptors (Lipinski definition) is 7. The smallest absolute Gasteiger partial charge is 0.329 e. The predicted molar refractivity (Wildman–Crippen MR) is 130 cm³/mol. The fourth-order valence-corrected chi connectivity index (χ4v) is 3.72. The largest absolute Gasteiger partial charge is 0.485 e. The zero-order valence-corrected chi connectivity index (χ0v) is 20.8. The van der Waals surface area contributed by atoms with E-state index in [1.165, 1.54) is 25.2 Å². The number of halogens is 3. The number of rotatable bonds is 10. The van der Waals surface area contributed by atoms with Crippen LogP contribution in [-0.2, 0) is 16.1 Å². The number of likely N-dealkylation sites (N-methyl/N-ethyl adjacent to an activating group) is 1. The molecule has 0 aliphatic rings. The molecule has 1 atom stereocenters. The Hall–Kier alpha value is -4.26. The van der Waals surface area contributed by atoms with Gasteiger partial charge in [0.05, 0.1) is 18.2 Å². The number of ether oxygens (including phenoxy) is 3. The van der Waals surface area contributed by atoms with Crippen molar-refractivity contribution in [3.8, 4) is 23.4 Å². The third-order valence-corrected chi connectivity index (χ3v) is 5.43. The Balaban J connectivity index is 2.02. The van der Waals surface area contributed by atoms with Crippen LogP contribution >= 0.6 is 0 Å². The summed E-state index contributed by atoms with van der Waals surface area (Å²) in [6.07, 6.45) is 0. The van der Waals surface area contributed by atoms with E-state index in [4.69, 9.17) is 14.2 Å². The van der Waals surface area contributed by atoms with Crippen molar-refractivity contribution in [2.45, 2.75) is 33.4 Å². The molecule has 1 aromatic heterocycles. The van der Waals surface area contributed by atoms with Crippen LogP contribution in [0.15, 0.2) is 48.5 Å². The van der Waals surface area contributed by atoms with E-state index in [9.17, 15) is 18.8 Å². The van der Waals surface area contributed by atoms with Gasteiger partial charge in [0.2, 0.25) is 11.6 Å². The molecule has 0 fully saturated rings. The number of nitriles is 1. The van der Waals surface area contributed by atoms with E-state index in [1.54, 1.807) is 20.8 Å². The van der Waals surface area contributed by atoms with Crippen LogP contribution in [-0.4, -0.2) is 30.6 Å². The van der Waals surface area contributed by atoms with Gasteiger partial charge in [-0.15, -0.1) is 0 Å². The second-order valence-electron chi connectivity index (χ2n) is 8.39. The Kier molecular flexibility index (Phi) is 8.95. The Morgan fingerprint density at radius 2 is 1.78 bits per heavy atom. The van der Waals surface area contributed by atoms with E-state index in [1.807, 2.05) is 36.4 Å². The van der Waals surface area contributed by atoms with E-state index in [0.717, 1.165) is 10.5 Å². The van der Waals surface area contributed by atoms with Crippen molar-refractivity contribution in [2.24, 2.45) is 5.92 Å². The lowest BCUT2D eigenvalue weighted by Crippen LogP contribution is -2.44. The fraction of sp³-hybridized carbons (Fsp3) is 0.296. The summed E-state index contributed by atoms with van der Waals surface area (Å²) in [6, 6.07) is 14.1. The molecule has 0 saturated carbocycles. The van der Waals surface area contributed by atoms with Gasteiger partial charge in [-0.25, -0.2) is 4.79 Å². The lowest BCUT2D eigenvalue weighted by atomic mass is 10.0. The van der Waals surface area contributed by atoms with E-state index >= 15 is 4.39 Å². The molecule has 3 rings (SSSR count). The van der Waals surface area contributed by atoms with Gasteiger partial charge in [0.1, 0.15) is 18.3 Å². The lowest BCUT2D eigenvalue weighted by Gasteiger charge is -2.31. The van der Waals surface area contributed by atoms with E-state index in [-0.39, 0.29) is 30.3 Å². The van der Waals surface area contributed by atoms with Gasteiger partial charge in [-0.2, -0.15) is 23.4 Å². The quantitative estimate of drug-likeness (QED) is 0.252. The Morgan fingerprint density at radius 1 is 1.08 bits per heavy atom. The summed E-state index contributed by atoms with van der Waals surface area (Å²) >= 11 is 0. The third kappa shape index (κ3) is 6.30. The Bertz CT molecular complexity index is 1300. The monoisotopic (exact) mass is 513 g/mol. The maximum atomic E-state index is 15.6. The molecular weight excluding hydrogens is 487 g/mol. The highest BCUT2D eigenvalue weighted by Crippen LogP contribution is 2.38. The predicted octanol–water partition coefficient (Wildman–Crippen LogP) is 5.77. The molecule has 1 heterocycles. The first-order valence-corrected chi connectivity index (χ1v) is 11.5.